The average molecular weight is 318 g/mol. The minimum absolute atomic E-state index is 0.0401. The van der Waals surface area contributed by atoms with Gasteiger partial charge in [0, 0.05) is 28.4 Å². The Balaban J connectivity index is 2.97. The van der Waals surface area contributed by atoms with Gasteiger partial charge in [0.15, 0.2) is 0 Å². The largest absolute Gasteiger partial charge is 0.468 e. The highest BCUT2D eigenvalue weighted by atomic mass is 35.5. The van der Waals surface area contributed by atoms with E-state index in [2.05, 4.69) is 4.74 Å². The maximum Gasteiger partial charge on any atom is 0.325 e. The summed E-state index contributed by atoms with van der Waals surface area (Å²) in [6.45, 7) is 1.81. The Morgan fingerprint density at radius 1 is 1.50 bits per heavy atom. The van der Waals surface area contributed by atoms with Gasteiger partial charge in [0.2, 0.25) is 0 Å². The molecule has 110 valence electrons. The van der Waals surface area contributed by atoms with E-state index >= 15 is 0 Å². The molecule has 1 aromatic rings. The molecule has 0 spiro atoms. The fourth-order valence-corrected chi connectivity index (χ4v) is 2.33. The lowest BCUT2D eigenvalue weighted by molar-refractivity contribution is -0.141. The van der Waals surface area contributed by atoms with Crippen LogP contribution in [-0.2, 0) is 9.53 Å². The van der Waals surface area contributed by atoms with E-state index in [9.17, 15) is 9.90 Å². The molecule has 0 aliphatic heterocycles. The molecule has 0 saturated carbocycles. The molecule has 0 aliphatic carbocycles. The van der Waals surface area contributed by atoms with Gasteiger partial charge in [0.25, 0.3) is 0 Å². The lowest BCUT2D eigenvalue weighted by Crippen LogP contribution is -2.29. The average Bonchev–Trinajstić information content (AvgIpc) is 2.39. The van der Waals surface area contributed by atoms with Crippen molar-refractivity contribution >= 4 is 29.2 Å². The molecule has 0 aliphatic rings. The third-order valence-electron chi connectivity index (χ3n) is 2.87. The van der Waals surface area contributed by atoms with Crippen molar-refractivity contribution in [2.24, 2.45) is 0 Å². The van der Waals surface area contributed by atoms with Crippen LogP contribution in [0.15, 0.2) is 30.0 Å². The molecule has 6 heteroatoms. The summed E-state index contributed by atoms with van der Waals surface area (Å²) in [6, 6.07) is 4.87. The fraction of sp³-hybridized carbons (Fsp3) is 0.357. The van der Waals surface area contributed by atoms with Gasteiger partial charge in [0.05, 0.1) is 7.11 Å². The van der Waals surface area contributed by atoms with Gasteiger partial charge in [-0.25, -0.2) is 0 Å². The highest BCUT2D eigenvalue weighted by Crippen LogP contribution is 2.31. The van der Waals surface area contributed by atoms with Crippen LogP contribution >= 0.6 is 23.2 Å². The minimum Gasteiger partial charge on any atom is -0.468 e. The number of aliphatic hydroxyl groups excluding tert-OH is 1. The Morgan fingerprint density at radius 3 is 2.65 bits per heavy atom. The molecule has 0 heterocycles. The van der Waals surface area contributed by atoms with E-state index in [1.54, 1.807) is 43.1 Å². The van der Waals surface area contributed by atoms with Crippen molar-refractivity contribution in [1.82, 2.24) is 4.90 Å². The molecule has 1 rings (SSSR count). The highest BCUT2D eigenvalue weighted by molar-refractivity contribution is 6.35. The Hall–Kier alpha value is -1.23. The van der Waals surface area contributed by atoms with Crippen molar-refractivity contribution in [3.63, 3.8) is 0 Å². The SMILES string of the molecule is C/C=C(/C(O)c1ccc(Cl)cc1Cl)N(C)CC(=O)OC. The number of esters is 1. The predicted molar refractivity (Wildman–Crippen MR) is 79.8 cm³/mol. The van der Waals surface area contributed by atoms with Crippen molar-refractivity contribution < 1.29 is 14.6 Å². The lowest BCUT2D eigenvalue weighted by Gasteiger charge is -2.26. The summed E-state index contributed by atoms with van der Waals surface area (Å²) < 4.78 is 4.61. The van der Waals surface area contributed by atoms with E-state index in [1.807, 2.05) is 0 Å². The number of hydrogen-bond donors (Lipinski definition) is 1. The predicted octanol–water partition coefficient (Wildman–Crippen LogP) is 3.04. The van der Waals surface area contributed by atoms with E-state index in [-0.39, 0.29) is 12.5 Å². The Morgan fingerprint density at radius 2 is 2.15 bits per heavy atom. The molecule has 1 unspecified atom stereocenters. The second-order valence-electron chi connectivity index (χ2n) is 4.21. The van der Waals surface area contributed by atoms with E-state index in [1.165, 1.54) is 7.11 Å². The smallest absolute Gasteiger partial charge is 0.325 e. The number of carbonyl (C=O) groups excluding carboxylic acids is 1. The van der Waals surface area contributed by atoms with Crippen LogP contribution in [0.5, 0.6) is 0 Å². The van der Waals surface area contributed by atoms with Crippen molar-refractivity contribution in [2.45, 2.75) is 13.0 Å². The van der Waals surface area contributed by atoms with Gasteiger partial charge in [-0.2, -0.15) is 0 Å². The first-order valence-electron chi connectivity index (χ1n) is 5.97. The van der Waals surface area contributed by atoms with Crippen LogP contribution in [0.2, 0.25) is 10.0 Å². The van der Waals surface area contributed by atoms with Crippen molar-refractivity contribution in [3.8, 4) is 0 Å². The van der Waals surface area contributed by atoms with Crippen LogP contribution in [0.3, 0.4) is 0 Å². The molecule has 1 aromatic carbocycles. The number of likely N-dealkylation sites (N-methyl/N-ethyl adjacent to an activating group) is 1. The first-order valence-corrected chi connectivity index (χ1v) is 6.73. The second-order valence-corrected chi connectivity index (χ2v) is 5.06. The first kappa shape index (κ1) is 16.8. The molecule has 0 radical (unpaired) electrons. The summed E-state index contributed by atoms with van der Waals surface area (Å²) in [7, 11) is 3.01. The van der Waals surface area contributed by atoms with Crippen LogP contribution in [-0.4, -0.2) is 36.7 Å². The molecule has 0 saturated heterocycles. The zero-order chi connectivity index (χ0) is 15.3. The van der Waals surface area contributed by atoms with Gasteiger partial charge in [-0.1, -0.05) is 35.3 Å². The summed E-state index contributed by atoms with van der Waals surface area (Å²) in [4.78, 5) is 12.9. The molecule has 4 nitrogen and oxygen atoms in total. The zero-order valence-corrected chi connectivity index (χ0v) is 13.1. The number of allylic oxidation sites excluding steroid dienone is 1. The minimum atomic E-state index is -0.945. The Kier molecular flexibility index (Phi) is 6.33. The van der Waals surface area contributed by atoms with Gasteiger partial charge >= 0.3 is 5.97 Å². The van der Waals surface area contributed by atoms with Gasteiger partial charge in [-0.3, -0.25) is 4.79 Å². The van der Waals surface area contributed by atoms with Crippen molar-refractivity contribution in [1.29, 1.82) is 0 Å². The van der Waals surface area contributed by atoms with E-state index in [0.29, 0.717) is 21.3 Å². The number of benzene rings is 1. The topological polar surface area (TPSA) is 49.8 Å². The summed E-state index contributed by atoms with van der Waals surface area (Å²) in [6.07, 6.45) is 0.776. The molecular formula is C14H17Cl2NO3. The molecule has 0 amide bonds. The number of nitrogens with zero attached hydrogens (tertiary/aromatic N) is 1. The maximum absolute atomic E-state index is 11.3. The van der Waals surface area contributed by atoms with Crippen LogP contribution in [0.1, 0.15) is 18.6 Å². The van der Waals surface area contributed by atoms with E-state index in [4.69, 9.17) is 23.2 Å². The molecular weight excluding hydrogens is 301 g/mol. The summed E-state index contributed by atoms with van der Waals surface area (Å²) in [5.74, 6) is -0.388. The van der Waals surface area contributed by atoms with Gasteiger partial charge in [-0.05, 0) is 19.1 Å². The number of halogens is 2. The molecule has 0 aromatic heterocycles. The van der Waals surface area contributed by atoms with E-state index < -0.39 is 6.10 Å². The summed E-state index contributed by atoms with van der Waals surface area (Å²) >= 11 is 11.9. The molecule has 20 heavy (non-hydrogen) atoms. The molecule has 1 atom stereocenters. The Labute approximate surface area is 128 Å². The lowest BCUT2D eigenvalue weighted by atomic mass is 10.1. The normalized spacial score (nSPS) is 13.0. The molecule has 0 fully saturated rings. The summed E-state index contributed by atoms with van der Waals surface area (Å²) in [5.41, 5.74) is 1.08. The van der Waals surface area contributed by atoms with E-state index in [0.717, 1.165) is 0 Å². The number of hydrogen-bond acceptors (Lipinski definition) is 4. The van der Waals surface area contributed by atoms with Crippen molar-refractivity contribution in [3.05, 3.63) is 45.6 Å². The van der Waals surface area contributed by atoms with Crippen LogP contribution in [0.4, 0.5) is 0 Å². The van der Waals surface area contributed by atoms with Crippen molar-refractivity contribution in [2.75, 3.05) is 20.7 Å². The third kappa shape index (κ3) is 4.13. The number of aliphatic hydroxyl groups is 1. The standard InChI is InChI=1S/C14H17Cl2NO3/c1-4-12(17(2)8-13(18)20-3)14(19)10-6-5-9(15)7-11(10)16/h4-7,14,19H,8H2,1-3H3/b12-4-. The summed E-state index contributed by atoms with van der Waals surface area (Å²) in [5, 5.41) is 11.3. The van der Waals surface area contributed by atoms with Crippen LogP contribution in [0.25, 0.3) is 0 Å². The number of rotatable bonds is 5. The Bertz CT molecular complexity index is 517. The monoisotopic (exact) mass is 317 g/mol. The molecule has 1 N–H and O–H groups in total. The third-order valence-corrected chi connectivity index (χ3v) is 3.43. The highest BCUT2D eigenvalue weighted by Gasteiger charge is 2.20. The zero-order valence-electron chi connectivity index (χ0n) is 11.6. The number of ether oxygens (including phenoxy) is 1. The quantitative estimate of drug-likeness (QED) is 0.848. The number of carbonyl (C=O) groups is 1. The molecule has 0 bridgehead atoms. The maximum atomic E-state index is 11.3. The second kappa shape index (κ2) is 7.53. The van der Waals surface area contributed by atoms with Gasteiger partial charge in [-0.15, -0.1) is 0 Å². The first-order chi connectivity index (χ1) is 9.40. The van der Waals surface area contributed by atoms with Gasteiger partial charge < -0.3 is 14.7 Å². The van der Waals surface area contributed by atoms with Crippen LogP contribution < -0.4 is 0 Å². The van der Waals surface area contributed by atoms with Crippen LogP contribution in [0, 0.1) is 0 Å². The van der Waals surface area contributed by atoms with Gasteiger partial charge in [0.1, 0.15) is 12.6 Å². The fourth-order valence-electron chi connectivity index (χ4n) is 1.82. The number of methoxy groups -OCH3 is 1.